The Hall–Kier alpha value is -4.68. The fraction of sp³-hybridized carbons (Fsp3) is 0.419. The minimum atomic E-state index is -2.99. The third-order valence-corrected chi connectivity index (χ3v) is 7.65. The van der Waals surface area contributed by atoms with Crippen LogP contribution in [0.25, 0.3) is 0 Å². The van der Waals surface area contributed by atoms with E-state index in [1.54, 1.807) is 55.8 Å². The highest BCUT2D eigenvalue weighted by atomic mass is 19.3. The molecule has 3 amide bonds. The number of amides is 3. The highest BCUT2D eigenvalue weighted by molar-refractivity contribution is 5.92. The highest BCUT2D eigenvalue weighted by Gasteiger charge is 2.39. The van der Waals surface area contributed by atoms with Gasteiger partial charge in [0.05, 0.1) is 25.4 Å². The Bertz CT molecular complexity index is 1490. The zero-order chi connectivity index (χ0) is 31.2. The number of hydrogen-bond donors (Lipinski definition) is 1. The molecular formula is C31H34F2N6O5. The minimum absolute atomic E-state index is 0.0482. The molecule has 2 atom stereocenters. The monoisotopic (exact) mass is 608 g/mol. The number of nitrogens with zero attached hydrogens (tertiary/aromatic N) is 5. The van der Waals surface area contributed by atoms with Gasteiger partial charge in [0.1, 0.15) is 17.6 Å². The van der Waals surface area contributed by atoms with Gasteiger partial charge in [-0.2, -0.15) is 8.78 Å². The van der Waals surface area contributed by atoms with E-state index in [1.807, 2.05) is 0 Å². The van der Waals surface area contributed by atoms with Gasteiger partial charge in [-0.25, -0.2) is 15.0 Å². The molecule has 1 saturated carbocycles. The second kappa shape index (κ2) is 13.7. The second-order valence-corrected chi connectivity index (χ2v) is 11.0. The molecule has 1 aliphatic heterocycles. The highest BCUT2D eigenvalue weighted by Crippen LogP contribution is 2.39. The normalized spacial score (nSPS) is 17.8. The van der Waals surface area contributed by atoms with Gasteiger partial charge in [-0.15, -0.1) is 0 Å². The van der Waals surface area contributed by atoms with Crippen molar-refractivity contribution >= 4 is 17.7 Å². The van der Waals surface area contributed by atoms with Crippen LogP contribution in [-0.2, 0) is 22.7 Å². The lowest BCUT2D eigenvalue weighted by molar-refractivity contribution is -0.136. The summed E-state index contributed by atoms with van der Waals surface area (Å²) in [6, 6.07) is 10.7. The van der Waals surface area contributed by atoms with Crippen LogP contribution in [0, 0.1) is 5.92 Å². The Labute approximate surface area is 253 Å². The molecule has 5 rings (SSSR count). The molecular weight excluding hydrogens is 574 g/mol. The number of carbonyl (C=O) groups is 3. The van der Waals surface area contributed by atoms with E-state index < -0.39 is 12.7 Å². The van der Waals surface area contributed by atoms with Crippen molar-refractivity contribution in [3.8, 4) is 11.5 Å². The number of rotatable bonds is 12. The zero-order valence-corrected chi connectivity index (χ0v) is 24.5. The molecule has 0 spiro atoms. The van der Waals surface area contributed by atoms with Gasteiger partial charge < -0.3 is 24.6 Å². The molecule has 44 heavy (non-hydrogen) atoms. The molecule has 13 heteroatoms. The summed E-state index contributed by atoms with van der Waals surface area (Å²) in [7, 11) is 1.63. The SMILES string of the molecule is CC(=O)N1CC(c2ccc(OC(F)F)c(OCC3CC3)c2)C[C@@H]1C(=O)NCc1cccc(C(=O)N(C)Cc2ncccn2)n1. The van der Waals surface area contributed by atoms with Crippen LogP contribution in [0.1, 0.15) is 59.7 Å². The zero-order valence-electron chi connectivity index (χ0n) is 24.5. The number of aromatic nitrogens is 3. The van der Waals surface area contributed by atoms with E-state index in [0.717, 1.165) is 18.4 Å². The average Bonchev–Trinajstić information content (AvgIpc) is 3.74. The van der Waals surface area contributed by atoms with Gasteiger partial charge in [0, 0.05) is 38.8 Å². The van der Waals surface area contributed by atoms with E-state index in [2.05, 4.69) is 25.0 Å². The number of carbonyl (C=O) groups excluding carboxylic acids is 3. The fourth-order valence-electron chi connectivity index (χ4n) is 5.13. The Kier molecular flexibility index (Phi) is 9.61. The maximum absolute atomic E-state index is 13.3. The molecule has 0 bridgehead atoms. The number of benzene rings is 1. The van der Waals surface area contributed by atoms with Gasteiger partial charge in [0.15, 0.2) is 11.5 Å². The summed E-state index contributed by atoms with van der Waals surface area (Å²) < 4.78 is 36.4. The average molecular weight is 609 g/mol. The van der Waals surface area contributed by atoms with Crippen molar-refractivity contribution in [3.63, 3.8) is 0 Å². The number of alkyl halides is 2. The smallest absolute Gasteiger partial charge is 0.387 e. The predicted molar refractivity (Wildman–Crippen MR) is 154 cm³/mol. The van der Waals surface area contributed by atoms with Gasteiger partial charge in [0.2, 0.25) is 11.8 Å². The molecule has 3 heterocycles. The van der Waals surface area contributed by atoms with E-state index in [4.69, 9.17) is 4.74 Å². The number of pyridine rings is 1. The van der Waals surface area contributed by atoms with Crippen LogP contribution in [-0.4, -0.2) is 75.3 Å². The number of halogens is 2. The first-order valence-electron chi connectivity index (χ1n) is 14.4. The van der Waals surface area contributed by atoms with Crippen molar-refractivity contribution < 1.29 is 32.6 Å². The van der Waals surface area contributed by atoms with Crippen molar-refractivity contribution in [1.82, 2.24) is 30.1 Å². The van der Waals surface area contributed by atoms with Crippen LogP contribution in [0.15, 0.2) is 54.9 Å². The van der Waals surface area contributed by atoms with E-state index in [-0.39, 0.29) is 60.5 Å². The summed E-state index contributed by atoms with van der Waals surface area (Å²) in [5.41, 5.74) is 1.45. The fourth-order valence-corrected chi connectivity index (χ4v) is 5.13. The third kappa shape index (κ3) is 7.82. The molecule has 11 nitrogen and oxygen atoms in total. The van der Waals surface area contributed by atoms with E-state index in [1.165, 1.54) is 22.8 Å². The van der Waals surface area contributed by atoms with Crippen LogP contribution >= 0.6 is 0 Å². The molecule has 1 saturated heterocycles. The lowest BCUT2D eigenvalue weighted by atomic mass is 9.95. The van der Waals surface area contributed by atoms with Gasteiger partial charge in [-0.3, -0.25) is 14.4 Å². The van der Waals surface area contributed by atoms with Gasteiger partial charge in [-0.1, -0.05) is 12.1 Å². The van der Waals surface area contributed by atoms with Crippen LogP contribution < -0.4 is 14.8 Å². The van der Waals surface area contributed by atoms with Gasteiger partial charge in [0.25, 0.3) is 5.91 Å². The van der Waals surface area contributed by atoms with Crippen molar-refractivity contribution in [2.75, 3.05) is 20.2 Å². The number of hydrogen-bond acceptors (Lipinski definition) is 8. The summed E-state index contributed by atoms with van der Waals surface area (Å²) in [6.07, 6.45) is 5.61. The second-order valence-electron chi connectivity index (χ2n) is 11.0. The van der Waals surface area contributed by atoms with Crippen LogP contribution in [0.5, 0.6) is 11.5 Å². The lowest BCUT2D eigenvalue weighted by Gasteiger charge is -2.22. The van der Waals surface area contributed by atoms with Gasteiger partial charge >= 0.3 is 6.61 Å². The first-order valence-corrected chi connectivity index (χ1v) is 14.4. The first-order chi connectivity index (χ1) is 21.2. The van der Waals surface area contributed by atoms with Crippen LogP contribution in [0.3, 0.4) is 0 Å². The minimum Gasteiger partial charge on any atom is -0.489 e. The molecule has 1 unspecified atom stereocenters. The quantitative estimate of drug-likeness (QED) is 0.331. The van der Waals surface area contributed by atoms with Crippen molar-refractivity contribution in [3.05, 3.63) is 77.6 Å². The molecule has 232 valence electrons. The van der Waals surface area contributed by atoms with Crippen molar-refractivity contribution in [2.24, 2.45) is 5.92 Å². The number of nitrogens with one attached hydrogen (secondary N) is 1. The summed E-state index contributed by atoms with van der Waals surface area (Å²) in [5, 5.41) is 2.85. The molecule has 1 aliphatic carbocycles. The molecule has 3 aromatic rings. The molecule has 1 N–H and O–H groups in total. The van der Waals surface area contributed by atoms with E-state index in [9.17, 15) is 23.2 Å². The lowest BCUT2D eigenvalue weighted by Crippen LogP contribution is -2.45. The van der Waals surface area contributed by atoms with Crippen LogP contribution in [0.2, 0.25) is 0 Å². The molecule has 1 aromatic carbocycles. The Morgan fingerprint density at radius 3 is 2.57 bits per heavy atom. The van der Waals surface area contributed by atoms with Gasteiger partial charge in [-0.05, 0) is 61.1 Å². The largest absolute Gasteiger partial charge is 0.489 e. The standard InChI is InChI=1S/C31H34F2N6O5/c1-19(40)39-16-22(21-9-10-26(44-31(32)33)27(14-21)43-18-20-7-8-20)13-25(39)29(41)36-15-23-5-3-6-24(37-23)30(42)38(2)17-28-34-11-4-12-35-28/h3-6,9-12,14,20,22,25,31H,7-8,13,15-18H2,1-2H3,(H,36,41)/t22?,25-/m1/s1. The summed E-state index contributed by atoms with van der Waals surface area (Å²) in [4.78, 5) is 54.4. The molecule has 2 fully saturated rings. The maximum atomic E-state index is 13.3. The Morgan fingerprint density at radius 1 is 1.09 bits per heavy atom. The number of ether oxygens (including phenoxy) is 2. The van der Waals surface area contributed by atoms with E-state index >= 15 is 0 Å². The third-order valence-electron chi connectivity index (χ3n) is 7.65. The summed E-state index contributed by atoms with van der Waals surface area (Å²) in [5.74, 6) is -0.0827. The topological polar surface area (TPSA) is 127 Å². The summed E-state index contributed by atoms with van der Waals surface area (Å²) >= 11 is 0. The molecule has 2 aromatic heterocycles. The maximum Gasteiger partial charge on any atom is 0.387 e. The molecule has 0 radical (unpaired) electrons. The predicted octanol–water partition coefficient (Wildman–Crippen LogP) is 3.55. The van der Waals surface area contributed by atoms with Crippen LogP contribution in [0.4, 0.5) is 8.78 Å². The van der Waals surface area contributed by atoms with Crippen molar-refractivity contribution in [2.45, 2.75) is 57.8 Å². The van der Waals surface area contributed by atoms with Crippen molar-refractivity contribution in [1.29, 1.82) is 0 Å². The Morgan fingerprint density at radius 2 is 1.86 bits per heavy atom. The van der Waals surface area contributed by atoms with E-state index in [0.29, 0.717) is 30.5 Å². The first kappa shape index (κ1) is 30.8. The number of likely N-dealkylation sites (tertiary alicyclic amines) is 1. The summed E-state index contributed by atoms with van der Waals surface area (Å²) in [6.45, 7) is -0.629. The Balaban J connectivity index is 1.23. The molecule has 2 aliphatic rings.